The zero-order valence-corrected chi connectivity index (χ0v) is 14.5. The number of hydrogen-bond donors (Lipinski definition) is 1. The van der Waals surface area contributed by atoms with Gasteiger partial charge in [0, 0.05) is 5.69 Å². The van der Waals surface area contributed by atoms with Gasteiger partial charge >= 0.3 is 0 Å². The van der Waals surface area contributed by atoms with E-state index >= 15 is 0 Å². The zero-order valence-electron chi connectivity index (χ0n) is 12.1. The van der Waals surface area contributed by atoms with Crippen molar-refractivity contribution >= 4 is 31.6 Å². The second-order valence-electron chi connectivity index (χ2n) is 5.46. The average Bonchev–Trinajstić information content (AvgIpc) is 3.32. The van der Waals surface area contributed by atoms with E-state index in [1.165, 1.54) is 49.2 Å². The summed E-state index contributed by atoms with van der Waals surface area (Å²) < 4.78 is 46.2. The van der Waals surface area contributed by atoms with Crippen LogP contribution in [0.15, 0.2) is 51.8 Å². The quantitative estimate of drug-likeness (QED) is 0.792. The predicted molar refractivity (Wildman–Crippen MR) is 89.6 cm³/mol. The third-order valence-corrected chi connectivity index (χ3v) is 5.48. The van der Waals surface area contributed by atoms with Crippen molar-refractivity contribution in [2.45, 2.75) is 17.7 Å². The molecule has 23 heavy (non-hydrogen) atoms. The first-order valence-corrected chi connectivity index (χ1v) is 9.42. The fourth-order valence-electron chi connectivity index (χ4n) is 1.99. The molecule has 0 atom stereocenters. The Hall–Kier alpha value is -1.60. The van der Waals surface area contributed by atoms with Crippen molar-refractivity contribution in [2.24, 2.45) is 5.92 Å². The fourth-order valence-corrected chi connectivity index (χ4v) is 3.72. The maximum Gasteiger partial charge on any atom is 0.261 e. The molecule has 1 fully saturated rings. The van der Waals surface area contributed by atoms with E-state index in [0.29, 0.717) is 28.4 Å². The molecule has 4 nitrogen and oxygen atoms in total. The van der Waals surface area contributed by atoms with Gasteiger partial charge in [-0.3, -0.25) is 4.72 Å². The lowest BCUT2D eigenvalue weighted by molar-refractivity contribution is 0.298. The zero-order chi connectivity index (χ0) is 16.4. The summed E-state index contributed by atoms with van der Waals surface area (Å²) in [6.45, 7) is 0.651. The van der Waals surface area contributed by atoms with Crippen LogP contribution >= 0.6 is 15.9 Å². The van der Waals surface area contributed by atoms with E-state index in [9.17, 15) is 12.8 Å². The van der Waals surface area contributed by atoms with E-state index in [2.05, 4.69) is 20.7 Å². The molecule has 0 saturated heterocycles. The minimum Gasteiger partial charge on any atom is -0.492 e. The van der Waals surface area contributed by atoms with E-state index in [4.69, 9.17) is 4.74 Å². The van der Waals surface area contributed by atoms with Crippen LogP contribution < -0.4 is 9.46 Å². The molecule has 122 valence electrons. The number of sulfonamides is 1. The summed E-state index contributed by atoms with van der Waals surface area (Å²) in [4.78, 5) is 0.104. The predicted octanol–water partition coefficient (Wildman–Crippen LogP) is 4.18. The van der Waals surface area contributed by atoms with Crippen molar-refractivity contribution in [1.29, 1.82) is 0 Å². The maximum atomic E-state index is 12.9. The minimum atomic E-state index is -3.74. The van der Waals surface area contributed by atoms with Crippen LogP contribution in [0.2, 0.25) is 0 Å². The molecule has 0 aromatic heterocycles. The Morgan fingerprint density at radius 2 is 1.87 bits per heavy atom. The lowest BCUT2D eigenvalue weighted by Gasteiger charge is -2.11. The van der Waals surface area contributed by atoms with Crippen molar-refractivity contribution < 1.29 is 17.5 Å². The Balaban J connectivity index is 1.76. The second-order valence-corrected chi connectivity index (χ2v) is 8.00. The molecule has 7 heteroatoms. The van der Waals surface area contributed by atoms with Gasteiger partial charge < -0.3 is 4.74 Å². The van der Waals surface area contributed by atoms with Gasteiger partial charge in [0.15, 0.2) is 0 Å². The molecule has 2 aromatic carbocycles. The average molecular weight is 400 g/mol. The number of hydrogen-bond acceptors (Lipinski definition) is 3. The summed E-state index contributed by atoms with van der Waals surface area (Å²) in [7, 11) is -3.74. The standard InChI is InChI=1S/C16H15BrFNO3S/c17-15-9-14(7-8-16(15)22-10-11-1-2-11)23(20,21)19-13-5-3-12(18)4-6-13/h3-9,11,19H,1-2,10H2. The van der Waals surface area contributed by atoms with Crippen LogP contribution in [-0.4, -0.2) is 15.0 Å². The molecule has 0 radical (unpaired) electrons. The van der Waals surface area contributed by atoms with Crippen molar-refractivity contribution in [1.82, 2.24) is 0 Å². The fraction of sp³-hybridized carbons (Fsp3) is 0.250. The Morgan fingerprint density at radius 1 is 1.17 bits per heavy atom. The van der Waals surface area contributed by atoms with Gasteiger partial charge in [0.1, 0.15) is 11.6 Å². The van der Waals surface area contributed by atoms with E-state index in [1.54, 1.807) is 6.07 Å². The van der Waals surface area contributed by atoms with Gasteiger partial charge in [0.25, 0.3) is 10.0 Å². The van der Waals surface area contributed by atoms with Gasteiger partial charge in [-0.1, -0.05) is 0 Å². The van der Waals surface area contributed by atoms with Crippen molar-refractivity contribution in [2.75, 3.05) is 11.3 Å². The highest BCUT2D eigenvalue weighted by atomic mass is 79.9. The first-order chi connectivity index (χ1) is 10.9. The summed E-state index contributed by atoms with van der Waals surface area (Å²) in [5, 5.41) is 0. The molecule has 1 aliphatic rings. The number of halogens is 2. The highest BCUT2D eigenvalue weighted by Gasteiger charge is 2.23. The van der Waals surface area contributed by atoms with Gasteiger partial charge in [-0.05, 0) is 77.2 Å². The van der Waals surface area contributed by atoms with Crippen molar-refractivity contribution in [3.05, 3.63) is 52.8 Å². The Bertz CT molecular complexity index is 805. The molecule has 1 aliphatic carbocycles. The first-order valence-electron chi connectivity index (χ1n) is 7.15. The Morgan fingerprint density at radius 3 is 2.48 bits per heavy atom. The Kier molecular flexibility index (Phi) is 4.59. The molecule has 0 aliphatic heterocycles. The maximum absolute atomic E-state index is 12.9. The molecule has 3 rings (SSSR count). The summed E-state index contributed by atoms with van der Waals surface area (Å²) in [5.74, 6) is 0.816. The second kappa shape index (κ2) is 6.49. The number of rotatable bonds is 6. The van der Waals surface area contributed by atoms with Crippen LogP contribution in [0.4, 0.5) is 10.1 Å². The van der Waals surface area contributed by atoms with Crippen LogP contribution in [0, 0.1) is 11.7 Å². The molecule has 0 unspecified atom stereocenters. The summed E-state index contributed by atoms with van der Waals surface area (Å²) >= 11 is 3.34. The Labute approximate surface area is 142 Å². The number of nitrogens with one attached hydrogen (secondary N) is 1. The smallest absolute Gasteiger partial charge is 0.261 e. The molecule has 1 N–H and O–H groups in total. The van der Waals surface area contributed by atoms with E-state index in [1.807, 2.05) is 0 Å². The molecular formula is C16H15BrFNO3S. The topological polar surface area (TPSA) is 55.4 Å². The van der Waals surface area contributed by atoms with E-state index in [-0.39, 0.29) is 4.90 Å². The van der Waals surface area contributed by atoms with Crippen LogP contribution in [0.25, 0.3) is 0 Å². The highest BCUT2D eigenvalue weighted by molar-refractivity contribution is 9.10. The number of ether oxygens (including phenoxy) is 1. The SMILES string of the molecule is O=S(=O)(Nc1ccc(F)cc1)c1ccc(OCC2CC2)c(Br)c1. The van der Waals surface area contributed by atoms with Crippen molar-refractivity contribution in [3.8, 4) is 5.75 Å². The molecule has 2 aromatic rings. The monoisotopic (exact) mass is 399 g/mol. The molecule has 0 spiro atoms. The van der Waals surface area contributed by atoms with Crippen LogP contribution in [-0.2, 0) is 10.0 Å². The van der Waals surface area contributed by atoms with Gasteiger partial charge in [-0.2, -0.15) is 0 Å². The molecule has 1 saturated carbocycles. The van der Waals surface area contributed by atoms with Crippen LogP contribution in [0.5, 0.6) is 5.75 Å². The van der Waals surface area contributed by atoms with E-state index < -0.39 is 15.8 Å². The highest BCUT2D eigenvalue weighted by Crippen LogP contribution is 2.33. The first kappa shape index (κ1) is 16.3. The summed E-state index contributed by atoms with van der Waals surface area (Å²) in [6.07, 6.45) is 2.37. The summed E-state index contributed by atoms with van der Waals surface area (Å²) in [5.41, 5.74) is 0.302. The van der Waals surface area contributed by atoms with Gasteiger partial charge in [-0.15, -0.1) is 0 Å². The lowest BCUT2D eigenvalue weighted by atomic mass is 10.3. The third-order valence-electron chi connectivity index (χ3n) is 3.48. The van der Waals surface area contributed by atoms with Gasteiger partial charge in [0.2, 0.25) is 0 Å². The van der Waals surface area contributed by atoms with Crippen LogP contribution in [0.3, 0.4) is 0 Å². The van der Waals surface area contributed by atoms with Crippen LogP contribution in [0.1, 0.15) is 12.8 Å². The van der Waals surface area contributed by atoms with E-state index in [0.717, 1.165) is 0 Å². The van der Waals surface area contributed by atoms with Gasteiger partial charge in [-0.25, -0.2) is 12.8 Å². The molecule has 0 bridgehead atoms. The molecule has 0 amide bonds. The van der Waals surface area contributed by atoms with Crippen molar-refractivity contribution in [3.63, 3.8) is 0 Å². The lowest BCUT2D eigenvalue weighted by Crippen LogP contribution is -2.13. The third kappa shape index (κ3) is 4.23. The molecular weight excluding hydrogens is 385 g/mol. The number of benzene rings is 2. The minimum absolute atomic E-state index is 0.104. The summed E-state index contributed by atoms with van der Waals surface area (Å²) in [6, 6.07) is 9.74. The normalized spacial score (nSPS) is 14.5. The number of anilines is 1. The van der Waals surface area contributed by atoms with Gasteiger partial charge in [0.05, 0.1) is 16.0 Å². The largest absolute Gasteiger partial charge is 0.492 e. The molecule has 0 heterocycles.